The summed E-state index contributed by atoms with van der Waals surface area (Å²) in [4.78, 5) is 0. The fourth-order valence-electron chi connectivity index (χ4n) is 1.48. The van der Waals surface area contributed by atoms with Crippen molar-refractivity contribution in [2.45, 2.75) is 19.8 Å². The first-order chi connectivity index (χ1) is 7.19. The predicted octanol–water partition coefficient (Wildman–Crippen LogP) is 3.56. The molecule has 0 heterocycles. The fourth-order valence-corrected chi connectivity index (χ4v) is 1.48. The van der Waals surface area contributed by atoms with E-state index in [4.69, 9.17) is 0 Å². The SMILES string of the molecule is C=C/C(=C\NC)c1ccc(C(C)C)cc1. The van der Waals surface area contributed by atoms with Crippen LogP contribution in [0.3, 0.4) is 0 Å². The van der Waals surface area contributed by atoms with Crippen molar-refractivity contribution in [1.82, 2.24) is 5.32 Å². The quantitative estimate of drug-likeness (QED) is 0.734. The van der Waals surface area contributed by atoms with Crippen molar-refractivity contribution in [3.8, 4) is 0 Å². The summed E-state index contributed by atoms with van der Waals surface area (Å²) >= 11 is 0. The van der Waals surface area contributed by atoms with Crippen LogP contribution in [0.1, 0.15) is 30.9 Å². The van der Waals surface area contributed by atoms with E-state index in [9.17, 15) is 0 Å². The molecule has 0 amide bonds. The highest BCUT2D eigenvalue weighted by molar-refractivity contribution is 5.73. The lowest BCUT2D eigenvalue weighted by Gasteiger charge is -2.07. The van der Waals surface area contributed by atoms with Gasteiger partial charge in [0.1, 0.15) is 0 Å². The first kappa shape index (κ1) is 11.6. The molecule has 0 aliphatic carbocycles. The summed E-state index contributed by atoms with van der Waals surface area (Å²) in [5, 5.41) is 3.02. The molecule has 0 spiro atoms. The van der Waals surface area contributed by atoms with Crippen LogP contribution in [0.15, 0.2) is 43.1 Å². The Kier molecular flexibility index (Phi) is 4.17. The number of nitrogens with one attached hydrogen (secondary N) is 1. The maximum absolute atomic E-state index is 3.81. The molecule has 0 saturated heterocycles. The lowest BCUT2D eigenvalue weighted by atomic mass is 9.99. The van der Waals surface area contributed by atoms with E-state index in [1.54, 1.807) is 0 Å². The smallest absolute Gasteiger partial charge is 0.00410 e. The molecule has 0 aliphatic rings. The van der Waals surface area contributed by atoms with Gasteiger partial charge in [0, 0.05) is 13.2 Å². The lowest BCUT2D eigenvalue weighted by molar-refractivity contribution is 0.866. The zero-order chi connectivity index (χ0) is 11.3. The molecule has 1 aromatic rings. The van der Waals surface area contributed by atoms with E-state index in [2.05, 4.69) is 50.0 Å². The molecule has 1 nitrogen and oxygen atoms in total. The van der Waals surface area contributed by atoms with Crippen molar-refractivity contribution in [3.05, 3.63) is 54.2 Å². The van der Waals surface area contributed by atoms with E-state index in [0.717, 1.165) is 5.57 Å². The van der Waals surface area contributed by atoms with E-state index in [0.29, 0.717) is 5.92 Å². The molecule has 0 unspecified atom stereocenters. The summed E-state index contributed by atoms with van der Waals surface area (Å²) < 4.78 is 0. The Hall–Kier alpha value is -1.50. The molecule has 0 atom stereocenters. The third-order valence-corrected chi connectivity index (χ3v) is 2.43. The van der Waals surface area contributed by atoms with Crippen molar-refractivity contribution in [2.24, 2.45) is 0 Å². The van der Waals surface area contributed by atoms with Crippen molar-refractivity contribution in [2.75, 3.05) is 7.05 Å². The van der Waals surface area contributed by atoms with Crippen molar-refractivity contribution in [1.29, 1.82) is 0 Å². The van der Waals surface area contributed by atoms with Crippen LogP contribution in [0.5, 0.6) is 0 Å². The third kappa shape index (κ3) is 2.98. The van der Waals surface area contributed by atoms with E-state index >= 15 is 0 Å². The Morgan fingerprint density at radius 3 is 2.27 bits per heavy atom. The number of rotatable bonds is 4. The Bertz CT molecular complexity index is 344. The summed E-state index contributed by atoms with van der Waals surface area (Å²) in [7, 11) is 1.89. The Morgan fingerprint density at radius 2 is 1.87 bits per heavy atom. The van der Waals surface area contributed by atoms with Crippen molar-refractivity contribution < 1.29 is 0 Å². The summed E-state index contributed by atoms with van der Waals surface area (Å²) in [6, 6.07) is 8.63. The minimum atomic E-state index is 0.583. The second kappa shape index (κ2) is 5.40. The molecule has 0 radical (unpaired) electrons. The molecular formula is C14H19N. The molecular weight excluding hydrogens is 182 g/mol. The fraction of sp³-hybridized carbons (Fsp3) is 0.286. The van der Waals surface area contributed by atoms with Crippen LogP contribution in [-0.4, -0.2) is 7.05 Å². The minimum absolute atomic E-state index is 0.583. The van der Waals surface area contributed by atoms with Crippen LogP contribution in [0.2, 0.25) is 0 Å². The molecule has 0 bridgehead atoms. The molecule has 0 saturated carbocycles. The Labute approximate surface area is 92.5 Å². The van der Waals surface area contributed by atoms with Gasteiger partial charge >= 0.3 is 0 Å². The van der Waals surface area contributed by atoms with Crippen LogP contribution in [0.4, 0.5) is 0 Å². The molecule has 0 aromatic heterocycles. The first-order valence-electron chi connectivity index (χ1n) is 5.29. The summed E-state index contributed by atoms with van der Waals surface area (Å²) in [5.74, 6) is 0.583. The molecule has 1 aromatic carbocycles. The van der Waals surface area contributed by atoms with Crippen LogP contribution in [0, 0.1) is 0 Å². The predicted molar refractivity (Wildman–Crippen MR) is 67.8 cm³/mol. The normalized spacial score (nSPS) is 11.6. The highest BCUT2D eigenvalue weighted by Crippen LogP contribution is 2.19. The maximum Gasteiger partial charge on any atom is 0.00410 e. The number of hydrogen-bond donors (Lipinski definition) is 1. The standard InChI is InChI=1S/C14H19N/c1-5-12(10-15-4)14-8-6-13(7-9-14)11(2)3/h5-11,15H,1H2,2-4H3/b12-10+. The molecule has 0 aliphatic heterocycles. The molecule has 0 fully saturated rings. The molecule has 80 valence electrons. The van der Waals surface area contributed by atoms with Gasteiger partial charge in [-0.2, -0.15) is 0 Å². The van der Waals surface area contributed by atoms with Gasteiger partial charge in [-0.25, -0.2) is 0 Å². The van der Waals surface area contributed by atoms with Crippen LogP contribution in [0.25, 0.3) is 5.57 Å². The first-order valence-corrected chi connectivity index (χ1v) is 5.29. The van der Waals surface area contributed by atoms with Crippen molar-refractivity contribution in [3.63, 3.8) is 0 Å². The molecule has 1 rings (SSSR count). The zero-order valence-corrected chi connectivity index (χ0v) is 9.75. The minimum Gasteiger partial charge on any atom is -0.393 e. The summed E-state index contributed by atoms with van der Waals surface area (Å²) in [6.45, 7) is 8.21. The van der Waals surface area contributed by atoms with Gasteiger partial charge in [0.25, 0.3) is 0 Å². The molecule has 1 heteroatoms. The largest absolute Gasteiger partial charge is 0.393 e. The van der Waals surface area contributed by atoms with Crippen LogP contribution in [-0.2, 0) is 0 Å². The maximum atomic E-state index is 3.81. The van der Waals surface area contributed by atoms with E-state index in [-0.39, 0.29) is 0 Å². The Morgan fingerprint density at radius 1 is 1.27 bits per heavy atom. The van der Waals surface area contributed by atoms with Crippen molar-refractivity contribution >= 4 is 5.57 Å². The lowest BCUT2D eigenvalue weighted by Crippen LogP contribution is -1.95. The third-order valence-electron chi connectivity index (χ3n) is 2.43. The summed E-state index contributed by atoms with van der Waals surface area (Å²) in [5.41, 5.74) is 3.68. The van der Waals surface area contributed by atoms with Gasteiger partial charge in [0.2, 0.25) is 0 Å². The van der Waals surface area contributed by atoms with Crippen LogP contribution < -0.4 is 5.32 Å². The van der Waals surface area contributed by atoms with Gasteiger partial charge in [-0.15, -0.1) is 0 Å². The van der Waals surface area contributed by atoms with Crippen LogP contribution >= 0.6 is 0 Å². The topological polar surface area (TPSA) is 12.0 Å². The van der Waals surface area contributed by atoms with Gasteiger partial charge in [-0.1, -0.05) is 50.8 Å². The van der Waals surface area contributed by atoms with Gasteiger partial charge in [0.05, 0.1) is 0 Å². The van der Waals surface area contributed by atoms with E-state index in [1.807, 2.05) is 19.3 Å². The monoisotopic (exact) mass is 201 g/mol. The molecule has 15 heavy (non-hydrogen) atoms. The number of allylic oxidation sites excluding steroid dienone is 2. The highest BCUT2D eigenvalue weighted by atomic mass is 14.8. The second-order valence-corrected chi connectivity index (χ2v) is 3.87. The Balaban J connectivity index is 2.97. The van der Waals surface area contributed by atoms with E-state index in [1.165, 1.54) is 11.1 Å². The van der Waals surface area contributed by atoms with Gasteiger partial charge in [-0.3, -0.25) is 0 Å². The van der Waals surface area contributed by atoms with Gasteiger partial charge in [0.15, 0.2) is 0 Å². The van der Waals surface area contributed by atoms with Gasteiger partial charge < -0.3 is 5.32 Å². The average Bonchev–Trinajstić information content (AvgIpc) is 2.26. The zero-order valence-electron chi connectivity index (χ0n) is 9.75. The summed E-state index contributed by atoms with van der Waals surface area (Å²) in [6.07, 6.45) is 3.82. The highest BCUT2D eigenvalue weighted by Gasteiger charge is 2.00. The average molecular weight is 201 g/mol. The van der Waals surface area contributed by atoms with Gasteiger partial charge in [-0.05, 0) is 22.6 Å². The molecule has 1 N–H and O–H groups in total. The number of benzene rings is 1. The van der Waals surface area contributed by atoms with E-state index < -0.39 is 0 Å². The second-order valence-electron chi connectivity index (χ2n) is 3.87. The number of hydrogen-bond acceptors (Lipinski definition) is 1.